The van der Waals surface area contributed by atoms with Crippen molar-refractivity contribution in [3.8, 4) is 0 Å². The second kappa shape index (κ2) is 8.59. The van der Waals surface area contributed by atoms with E-state index in [1.807, 2.05) is 6.07 Å². The third kappa shape index (κ3) is 5.14. The highest BCUT2D eigenvalue weighted by atomic mass is 32.2. The topological polar surface area (TPSA) is 104 Å². The molecule has 2 aromatic rings. The number of rotatable bonds is 7. The van der Waals surface area contributed by atoms with Crippen molar-refractivity contribution in [2.24, 2.45) is 0 Å². The van der Waals surface area contributed by atoms with E-state index in [-0.39, 0.29) is 29.5 Å². The number of nitrogens with one attached hydrogen (secondary N) is 3. The zero-order chi connectivity index (χ0) is 19.2. The molecule has 8 heteroatoms. The van der Waals surface area contributed by atoms with Gasteiger partial charge in [-0.05, 0) is 36.8 Å². The molecule has 0 aromatic heterocycles. The number of carbonyl (C=O) groups is 2. The van der Waals surface area contributed by atoms with Crippen LogP contribution in [0.4, 0.5) is 5.69 Å². The van der Waals surface area contributed by atoms with Gasteiger partial charge in [-0.2, -0.15) is 0 Å². The van der Waals surface area contributed by atoms with E-state index in [2.05, 4.69) is 15.4 Å². The molecule has 2 rings (SSSR count). The summed E-state index contributed by atoms with van der Waals surface area (Å²) >= 11 is 0. The molecule has 7 nitrogen and oxygen atoms in total. The predicted octanol–water partition coefficient (Wildman–Crippen LogP) is 1.66. The molecule has 0 radical (unpaired) electrons. The quantitative estimate of drug-likeness (QED) is 0.684. The first kappa shape index (κ1) is 19.6. The van der Waals surface area contributed by atoms with Crippen molar-refractivity contribution in [1.82, 2.24) is 10.0 Å². The molecule has 0 saturated heterocycles. The summed E-state index contributed by atoms with van der Waals surface area (Å²) in [6, 6.07) is 13.2. The Kier molecular flexibility index (Phi) is 6.48. The average molecular weight is 375 g/mol. The fraction of sp³-hybridized carbons (Fsp3) is 0.222. The molecule has 0 atom stereocenters. The summed E-state index contributed by atoms with van der Waals surface area (Å²) in [5, 5.41) is 5.16. The Morgan fingerprint density at radius 1 is 1.04 bits per heavy atom. The van der Waals surface area contributed by atoms with Gasteiger partial charge in [-0.1, -0.05) is 31.2 Å². The summed E-state index contributed by atoms with van der Waals surface area (Å²) in [4.78, 5) is 24.3. The Hall–Kier alpha value is -2.71. The summed E-state index contributed by atoms with van der Waals surface area (Å²) in [6.45, 7) is 3.39. The Balaban J connectivity index is 2.06. The maximum absolute atomic E-state index is 12.4. The van der Waals surface area contributed by atoms with Crippen LogP contribution >= 0.6 is 0 Å². The fourth-order valence-corrected chi connectivity index (χ4v) is 3.34. The van der Waals surface area contributed by atoms with Crippen LogP contribution in [0.3, 0.4) is 0 Å². The molecule has 0 aliphatic heterocycles. The maximum atomic E-state index is 12.4. The van der Waals surface area contributed by atoms with Crippen LogP contribution in [0.5, 0.6) is 0 Å². The normalized spacial score (nSPS) is 11.0. The molecule has 0 saturated carbocycles. The lowest BCUT2D eigenvalue weighted by atomic mass is 10.1. The second-order valence-corrected chi connectivity index (χ2v) is 7.34. The summed E-state index contributed by atoms with van der Waals surface area (Å²) < 4.78 is 26.5. The van der Waals surface area contributed by atoms with Crippen molar-refractivity contribution >= 4 is 27.5 Å². The van der Waals surface area contributed by atoms with Crippen LogP contribution in [0.15, 0.2) is 53.4 Å². The Morgan fingerprint density at radius 2 is 1.73 bits per heavy atom. The van der Waals surface area contributed by atoms with Crippen LogP contribution < -0.4 is 15.4 Å². The van der Waals surface area contributed by atoms with Gasteiger partial charge < -0.3 is 10.6 Å². The smallest absolute Gasteiger partial charge is 0.252 e. The van der Waals surface area contributed by atoms with Crippen LogP contribution in [0, 0.1) is 6.92 Å². The van der Waals surface area contributed by atoms with Gasteiger partial charge in [0, 0.05) is 17.8 Å². The summed E-state index contributed by atoms with van der Waals surface area (Å²) in [5.74, 6) is -0.891. The Morgan fingerprint density at radius 3 is 2.38 bits per heavy atom. The van der Waals surface area contributed by atoms with Crippen LogP contribution in [-0.4, -0.2) is 33.3 Å². The van der Waals surface area contributed by atoms with E-state index in [0.717, 1.165) is 0 Å². The highest BCUT2D eigenvalue weighted by Gasteiger charge is 2.17. The molecule has 0 aliphatic rings. The molecule has 0 spiro atoms. The van der Waals surface area contributed by atoms with Gasteiger partial charge in [0.25, 0.3) is 5.91 Å². The lowest BCUT2D eigenvalue weighted by molar-refractivity contribution is -0.115. The lowest BCUT2D eigenvalue weighted by Gasteiger charge is -2.11. The van der Waals surface area contributed by atoms with Gasteiger partial charge in [-0.15, -0.1) is 0 Å². The fourth-order valence-electron chi connectivity index (χ4n) is 2.27. The van der Waals surface area contributed by atoms with Gasteiger partial charge in [0.1, 0.15) is 0 Å². The molecule has 2 amide bonds. The van der Waals surface area contributed by atoms with Crippen LogP contribution in [0.25, 0.3) is 0 Å². The molecule has 0 fully saturated rings. The van der Waals surface area contributed by atoms with Crippen molar-refractivity contribution < 1.29 is 18.0 Å². The van der Waals surface area contributed by atoms with E-state index in [1.54, 1.807) is 44.2 Å². The zero-order valence-corrected chi connectivity index (χ0v) is 15.4. The first-order valence-corrected chi connectivity index (χ1v) is 9.55. The van der Waals surface area contributed by atoms with Crippen molar-refractivity contribution in [2.75, 3.05) is 18.4 Å². The van der Waals surface area contributed by atoms with E-state index in [4.69, 9.17) is 0 Å². The minimum atomic E-state index is -3.66. The predicted molar refractivity (Wildman–Crippen MR) is 99.4 cm³/mol. The number of hydrogen-bond acceptors (Lipinski definition) is 4. The number of para-hydroxylation sites is 1. The average Bonchev–Trinajstić information content (AvgIpc) is 2.60. The first-order valence-electron chi connectivity index (χ1n) is 8.07. The minimum Gasteiger partial charge on any atom is -0.343 e. The highest BCUT2D eigenvalue weighted by molar-refractivity contribution is 7.89. The first-order chi connectivity index (χ1) is 12.3. The SMILES string of the molecule is CCNS(=O)(=O)c1ccc(C)c(C(=O)NCC(=O)Nc2ccccc2)c1. The van der Waals surface area contributed by atoms with E-state index < -0.39 is 15.9 Å². The highest BCUT2D eigenvalue weighted by Crippen LogP contribution is 2.15. The van der Waals surface area contributed by atoms with Crippen molar-refractivity contribution in [1.29, 1.82) is 0 Å². The van der Waals surface area contributed by atoms with Gasteiger partial charge >= 0.3 is 0 Å². The number of amides is 2. The second-order valence-electron chi connectivity index (χ2n) is 5.57. The van der Waals surface area contributed by atoms with Gasteiger partial charge in [0.05, 0.1) is 11.4 Å². The summed E-state index contributed by atoms with van der Waals surface area (Å²) in [6.07, 6.45) is 0. The summed E-state index contributed by atoms with van der Waals surface area (Å²) in [7, 11) is -3.66. The Labute approximate surface area is 152 Å². The zero-order valence-electron chi connectivity index (χ0n) is 14.6. The number of hydrogen-bond donors (Lipinski definition) is 3. The van der Waals surface area contributed by atoms with Crippen molar-refractivity contribution in [3.63, 3.8) is 0 Å². The number of benzene rings is 2. The van der Waals surface area contributed by atoms with Crippen LogP contribution in [-0.2, 0) is 14.8 Å². The van der Waals surface area contributed by atoms with E-state index >= 15 is 0 Å². The van der Waals surface area contributed by atoms with Gasteiger partial charge in [0.2, 0.25) is 15.9 Å². The number of anilines is 1. The molecule has 0 unspecified atom stereocenters. The molecule has 0 heterocycles. The van der Waals surface area contributed by atoms with Crippen molar-refractivity contribution in [2.45, 2.75) is 18.7 Å². The lowest BCUT2D eigenvalue weighted by Crippen LogP contribution is -2.33. The van der Waals surface area contributed by atoms with E-state index in [9.17, 15) is 18.0 Å². The molecule has 3 N–H and O–H groups in total. The largest absolute Gasteiger partial charge is 0.343 e. The standard InChI is InChI=1S/C18H21N3O4S/c1-3-20-26(24,25)15-10-9-13(2)16(11-15)18(23)19-12-17(22)21-14-7-5-4-6-8-14/h4-11,20H,3,12H2,1-2H3,(H,19,23)(H,21,22). The maximum Gasteiger partial charge on any atom is 0.252 e. The molecule has 138 valence electrons. The number of carbonyl (C=O) groups excluding carboxylic acids is 2. The summed E-state index contributed by atoms with van der Waals surface area (Å²) in [5.41, 5.74) is 1.44. The van der Waals surface area contributed by atoms with Crippen molar-refractivity contribution in [3.05, 3.63) is 59.7 Å². The van der Waals surface area contributed by atoms with Gasteiger partial charge in [0.15, 0.2) is 0 Å². The minimum absolute atomic E-state index is 0.00355. The number of sulfonamides is 1. The van der Waals surface area contributed by atoms with E-state index in [1.165, 1.54) is 12.1 Å². The molecular formula is C18H21N3O4S. The molecule has 0 aliphatic carbocycles. The number of aryl methyl sites for hydroxylation is 1. The molecule has 2 aromatic carbocycles. The van der Waals surface area contributed by atoms with Crippen LogP contribution in [0.2, 0.25) is 0 Å². The Bertz CT molecular complexity index is 896. The molecule has 0 bridgehead atoms. The molecule has 26 heavy (non-hydrogen) atoms. The molecular weight excluding hydrogens is 354 g/mol. The van der Waals surface area contributed by atoms with Gasteiger partial charge in [-0.25, -0.2) is 13.1 Å². The monoisotopic (exact) mass is 375 g/mol. The van der Waals surface area contributed by atoms with E-state index in [0.29, 0.717) is 11.3 Å². The third-order valence-corrected chi connectivity index (χ3v) is 5.11. The van der Waals surface area contributed by atoms with Gasteiger partial charge in [-0.3, -0.25) is 9.59 Å². The third-order valence-electron chi connectivity index (χ3n) is 3.57. The van der Waals surface area contributed by atoms with Crippen LogP contribution in [0.1, 0.15) is 22.8 Å².